The summed E-state index contributed by atoms with van der Waals surface area (Å²) >= 11 is 6.13. The van der Waals surface area contributed by atoms with Crippen molar-refractivity contribution in [2.24, 2.45) is 0 Å². The molecule has 2 rings (SSSR count). The van der Waals surface area contributed by atoms with Crippen LogP contribution >= 0.6 is 38.6 Å². The lowest BCUT2D eigenvalue weighted by Gasteiger charge is -2.12. The van der Waals surface area contributed by atoms with Gasteiger partial charge in [-0.05, 0) is 27.4 Å². The summed E-state index contributed by atoms with van der Waals surface area (Å²) in [5.41, 5.74) is -0.0514. The number of rotatable bonds is 2. The summed E-state index contributed by atoms with van der Waals surface area (Å²) in [5, 5.41) is 14.1. The first-order chi connectivity index (χ1) is 8.38. The molecule has 0 aliphatic heterocycles. The number of carbonyl (C=O) groups is 1. The van der Waals surface area contributed by atoms with Gasteiger partial charge in [-0.1, -0.05) is 32.1 Å². The number of thiophene rings is 1. The number of nitrogens with zero attached hydrogens (tertiary/aromatic N) is 2. The fraction of sp³-hybridized carbons (Fsp3) is 0.364. The molecule has 0 spiro atoms. The Balaban J connectivity index is 2.13. The zero-order chi connectivity index (χ0) is 13.3. The average Bonchev–Trinajstić information content (AvgIpc) is 2.85. The van der Waals surface area contributed by atoms with E-state index in [1.54, 1.807) is 0 Å². The molecule has 0 aliphatic carbocycles. The molecule has 1 N–H and O–H groups in total. The van der Waals surface area contributed by atoms with Crippen molar-refractivity contribution >= 4 is 49.6 Å². The number of nitrogens with one attached hydrogen (secondary N) is 1. The standard InChI is InChI=1S/C11H12BrN3OS2/c1-11(2,3)9-14-15-10(18-9)13-8(16)7-6(12)4-5-17-7/h4-5H,1-3H3,(H,13,15,16). The largest absolute Gasteiger partial charge is 0.296 e. The highest BCUT2D eigenvalue weighted by atomic mass is 79.9. The Morgan fingerprint density at radius 1 is 1.39 bits per heavy atom. The average molecular weight is 346 g/mol. The summed E-state index contributed by atoms with van der Waals surface area (Å²) in [4.78, 5) is 12.6. The zero-order valence-electron chi connectivity index (χ0n) is 10.2. The molecule has 0 aliphatic rings. The number of amides is 1. The molecule has 4 nitrogen and oxygen atoms in total. The number of carbonyl (C=O) groups excluding carboxylic acids is 1. The first-order valence-corrected chi connectivity index (χ1v) is 7.75. The first-order valence-electron chi connectivity index (χ1n) is 5.26. The van der Waals surface area contributed by atoms with Crippen molar-refractivity contribution in [1.29, 1.82) is 0 Å². The van der Waals surface area contributed by atoms with Gasteiger partial charge in [0.05, 0.1) is 0 Å². The smallest absolute Gasteiger partial charge is 0.268 e. The maximum atomic E-state index is 12.0. The quantitative estimate of drug-likeness (QED) is 0.897. The molecule has 0 aromatic carbocycles. The van der Waals surface area contributed by atoms with Gasteiger partial charge in [0.25, 0.3) is 5.91 Å². The van der Waals surface area contributed by atoms with E-state index in [9.17, 15) is 4.79 Å². The number of aromatic nitrogens is 2. The third-order valence-electron chi connectivity index (χ3n) is 2.11. The normalized spacial score (nSPS) is 11.6. The van der Waals surface area contributed by atoms with Crippen LogP contribution in [0.25, 0.3) is 0 Å². The molecule has 0 saturated carbocycles. The van der Waals surface area contributed by atoms with Gasteiger partial charge in [-0.25, -0.2) is 0 Å². The highest BCUT2D eigenvalue weighted by Crippen LogP contribution is 2.29. The maximum Gasteiger partial charge on any atom is 0.268 e. The lowest BCUT2D eigenvalue weighted by molar-refractivity contribution is 0.103. The van der Waals surface area contributed by atoms with E-state index in [1.165, 1.54) is 22.7 Å². The molecular weight excluding hydrogens is 334 g/mol. The Kier molecular flexibility index (Phi) is 3.84. The van der Waals surface area contributed by atoms with Crippen LogP contribution < -0.4 is 5.32 Å². The summed E-state index contributed by atoms with van der Waals surface area (Å²) in [7, 11) is 0. The van der Waals surface area contributed by atoms with Gasteiger partial charge in [0, 0.05) is 9.89 Å². The van der Waals surface area contributed by atoms with E-state index >= 15 is 0 Å². The predicted molar refractivity (Wildman–Crippen MR) is 78.6 cm³/mol. The van der Waals surface area contributed by atoms with Crippen LogP contribution in [0.15, 0.2) is 15.9 Å². The fourth-order valence-electron chi connectivity index (χ4n) is 1.19. The molecule has 0 atom stereocenters. The Bertz CT molecular complexity index is 571. The Morgan fingerprint density at radius 3 is 2.61 bits per heavy atom. The van der Waals surface area contributed by atoms with Gasteiger partial charge in [-0.2, -0.15) is 0 Å². The van der Waals surface area contributed by atoms with Crippen LogP contribution in [0.1, 0.15) is 35.5 Å². The van der Waals surface area contributed by atoms with Crippen LogP contribution in [0.2, 0.25) is 0 Å². The van der Waals surface area contributed by atoms with Crippen molar-refractivity contribution in [2.75, 3.05) is 5.32 Å². The summed E-state index contributed by atoms with van der Waals surface area (Å²) in [5.74, 6) is -0.159. The van der Waals surface area contributed by atoms with Crippen molar-refractivity contribution in [3.8, 4) is 0 Å². The third kappa shape index (κ3) is 2.96. The minimum absolute atomic E-state index is 0.0514. The van der Waals surface area contributed by atoms with Crippen molar-refractivity contribution in [1.82, 2.24) is 10.2 Å². The van der Waals surface area contributed by atoms with E-state index in [2.05, 4.69) is 52.2 Å². The van der Waals surface area contributed by atoms with Crippen LogP contribution in [0.5, 0.6) is 0 Å². The molecule has 18 heavy (non-hydrogen) atoms. The minimum atomic E-state index is -0.159. The van der Waals surface area contributed by atoms with Gasteiger partial charge < -0.3 is 0 Å². The van der Waals surface area contributed by atoms with Gasteiger partial charge in [0.2, 0.25) is 5.13 Å². The van der Waals surface area contributed by atoms with Crippen LogP contribution in [-0.4, -0.2) is 16.1 Å². The van der Waals surface area contributed by atoms with E-state index < -0.39 is 0 Å². The molecule has 0 unspecified atom stereocenters. The third-order valence-corrected chi connectivity index (χ3v) is 5.21. The molecule has 1 amide bonds. The minimum Gasteiger partial charge on any atom is -0.296 e. The maximum absolute atomic E-state index is 12.0. The molecule has 2 aromatic heterocycles. The van der Waals surface area contributed by atoms with Gasteiger partial charge in [-0.3, -0.25) is 10.1 Å². The highest BCUT2D eigenvalue weighted by Gasteiger charge is 2.20. The van der Waals surface area contributed by atoms with Crippen molar-refractivity contribution < 1.29 is 4.79 Å². The highest BCUT2D eigenvalue weighted by molar-refractivity contribution is 9.10. The van der Waals surface area contributed by atoms with Gasteiger partial charge in [-0.15, -0.1) is 21.5 Å². The Labute approximate surface area is 122 Å². The molecule has 0 saturated heterocycles. The van der Waals surface area contributed by atoms with Crippen LogP contribution in [-0.2, 0) is 5.41 Å². The van der Waals surface area contributed by atoms with E-state index in [0.29, 0.717) is 10.0 Å². The first kappa shape index (κ1) is 13.6. The number of hydrogen-bond acceptors (Lipinski definition) is 5. The van der Waals surface area contributed by atoms with Gasteiger partial charge >= 0.3 is 0 Å². The summed E-state index contributed by atoms with van der Waals surface area (Å²) in [6, 6.07) is 1.85. The molecule has 2 heterocycles. The topological polar surface area (TPSA) is 54.9 Å². The number of anilines is 1. The van der Waals surface area contributed by atoms with Crippen LogP contribution in [0, 0.1) is 0 Å². The van der Waals surface area contributed by atoms with E-state index in [4.69, 9.17) is 0 Å². The SMILES string of the molecule is CC(C)(C)c1nnc(NC(=O)c2sccc2Br)s1. The molecular formula is C11H12BrN3OS2. The molecule has 7 heteroatoms. The summed E-state index contributed by atoms with van der Waals surface area (Å²) in [6.45, 7) is 6.19. The Hall–Kier alpha value is -0.790. The van der Waals surface area contributed by atoms with Crippen molar-refractivity contribution in [3.63, 3.8) is 0 Å². The zero-order valence-corrected chi connectivity index (χ0v) is 13.4. The second-order valence-electron chi connectivity index (χ2n) is 4.71. The summed E-state index contributed by atoms with van der Waals surface area (Å²) < 4.78 is 0.797. The molecule has 0 fully saturated rings. The lowest BCUT2D eigenvalue weighted by Crippen LogP contribution is -2.10. The van der Waals surface area contributed by atoms with Gasteiger partial charge in [0.1, 0.15) is 9.88 Å². The van der Waals surface area contributed by atoms with E-state index in [1.807, 2.05) is 11.4 Å². The number of hydrogen-bond donors (Lipinski definition) is 1. The van der Waals surface area contributed by atoms with Crippen molar-refractivity contribution in [3.05, 3.63) is 25.8 Å². The van der Waals surface area contributed by atoms with E-state index in [0.717, 1.165) is 9.48 Å². The molecule has 2 aromatic rings. The van der Waals surface area contributed by atoms with Crippen LogP contribution in [0.3, 0.4) is 0 Å². The monoisotopic (exact) mass is 345 g/mol. The fourth-order valence-corrected chi connectivity index (χ4v) is 3.43. The van der Waals surface area contributed by atoms with Crippen LogP contribution in [0.4, 0.5) is 5.13 Å². The van der Waals surface area contributed by atoms with Gasteiger partial charge in [0.15, 0.2) is 0 Å². The second kappa shape index (κ2) is 5.07. The molecule has 0 bridgehead atoms. The second-order valence-corrected chi connectivity index (χ2v) is 7.46. The van der Waals surface area contributed by atoms with Crippen molar-refractivity contribution in [2.45, 2.75) is 26.2 Å². The summed E-state index contributed by atoms with van der Waals surface area (Å²) in [6.07, 6.45) is 0. The molecule has 96 valence electrons. The predicted octanol–water partition coefficient (Wildman–Crippen LogP) is 3.91. The van der Waals surface area contributed by atoms with E-state index in [-0.39, 0.29) is 11.3 Å². The number of halogens is 1. The lowest BCUT2D eigenvalue weighted by atomic mass is 9.98. The molecule has 0 radical (unpaired) electrons. The Morgan fingerprint density at radius 2 is 2.11 bits per heavy atom.